The van der Waals surface area contributed by atoms with E-state index in [9.17, 15) is 34.2 Å². The van der Waals surface area contributed by atoms with Gasteiger partial charge in [-0.15, -0.1) is 0 Å². The van der Waals surface area contributed by atoms with Crippen molar-refractivity contribution in [2.24, 2.45) is 17.8 Å². The Morgan fingerprint density at radius 3 is 1.78 bits per heavy atom. The molecule has 12 heteroatoms. The quantitative estimate of drug-likeness (QED) is 0.109. The minimum Gasteiger partial charge on any atom is -0.463 e. The average Bonchev–Trinajstić information content (AvgIpc) is 3.00. The largest absolute Gasteiger partial charge is 0.463 e. The molecule has 0 aromatic carbocycles. The number of esters is 2. The molecular formula is C34H61N3O9. The second kappa shape index (κ2) is 22.0. The Morgan fingerprint density at radius 2 is 1.28 bits per heavy atom. The number of aliphatic hydroxyl groups excluding tert-OH is 2. The first-order valence-corrected chi connectivity index (χ1v) is 17.3. The van der Waals surface area contributed by atoms with Gasteiger partial charge in [0.15, 0.2) is 6.04 Å². The van der Waals surface area contributed by atoms with Crippen molar-refractivity contribution in [1.82, 2.24) is 16.0 Å². The molecule has 1 saturated heterocycles. The van der Waals surface area contributed by atoms with Crippen LogP contribution in [0.4, 0.5) is 0 Å². The van der Waals surface area contributed by atoms with Crippen LogP contribution in [-0.2, 0) is 33.4 Å². The minimum absolute atomic E-state index is 0.388. The number of hydrogen-bond acceptors (Lipinski definition) is 9. The first kappa shape index (κ1) is 41.3. The van der Waals surface area contributed by atoms with Crippen molar-refractivity contribution in [3.05, 3.63) is 0 Å². The second-order valence-corrected chi connectivity index (χ2v) is 13.3. The molecule has 8 atom stereocenters. The summed E-state index contributed by atoms with van der Waals surface area (Å²) >= 11 is 0. The Morgan fingerprint density at radius 1 is 0.783 bits per heavy atom. The van der Waals surface area contributed by atoms with Crippen molar-refractivity contribution in [2.45, 2.75) is 162 Å². The van der Waals surface area contributed by atoms with Gasteiger partial charge in [-0.05, 0) is 19.3 Å². The number of rotatable bonds is 18. The van der Waals surface area contributed by atoms with Crippen LogP contribution in [-0.4, -0.2) is 82.9 Å². The zero-order valence-electron chi connectivity index (χ0n) is 29.1. The smallest absolute Gasteiger partial charge is 0.332 e. The number of nitrogens with one attached hydrogen (secondary N) is 3. The highest BCUT2D eigenvalue weighted by atomic mass is 16.6. The van der Waals surface area contributed by atoms with Crippen molar-refractivity contribution in [2.75, 3.05) is 6.61 Å². The van der Waals surface area contributed by atoms with E-state index in [2.05, 4.69) is 22.9 Å². The number of aliphatic hydroxyl groups is 2. The van der Waals surface area contributed by atoms with Crippen LogP contribution in [0.25, 0.3) is 0 Å². The number of ether oxygens (including phenoxy) is 2. The van der Waals surface area contributed by atoms with E-state index in [1.807, 2.05) is 0 Å². The summed E-state index contributed by atoms with van der Waals surface area (Å²) in [6.07, 6.45) is 9.87. The second-order valence-electron chi connectivity index (χ2n) is 13.3. The number of carbonyl (C=O) groups excluding carboxylic acids is 5. The van der Waals surface area contributed by atoms with Crippen LogP contribution in [0.3, 0.4) is 0 Å². The third-order valence-corrected chi connectivity index (χ3v) is 8.75. The van der Waals surface area contributed by atoms with Gasteiger partial charge in [-0.2, -0.15) is 0 Å². The highest BCUT2D eigenvalue weighted by Crippen LogP contribution is 2.25. The first-order chi connectivity index (χ1) is 21.7. The summed E-state index contributed by atoms with van der Waals surface area (Å²) in [7, 11) is 0. The van der Waals surface area contributed by atoms with Crippen molar-refractivity contribution in [1.29, 1.82) is 0 Å². The van der Waals surface area contributed by atoms with E-state index in [-0.39, 0.29) is 5.92 Å². The molecule has 0 spiro atoms. The molecule has 1 fully saturated rings. The van der Waals surface area contributed by atoms with Crippen LogP contribution in [0.2, 0.25) is 0 Å². The molecule has 0 radical (unpaired) electrons. The summed E-state index contributed by atoms with van der Waals surface area (Å²) in [6, 6.07) is -4.03. The van der Waals surface area contributed by atoms with E-state index in [0.717, 1.165) is 32.6 Å². The number of carbonyl (C=O) groups is 5. The molecule has 12 nitrogen and oxygen atoms in total. The molecule has 1 rings (SSSR count). The molecule has 46 heavy (non-hydrogen) atoms. The molecular weight excluding hydrogens is 594 g/mol. The normalized spacial score (nSPS) is 25.1. The predicted octanol–water partition coefficient (Wildman–Crippen LogP) is 3.30. The zero-order valence-corrected chi connectivity index (χ0v) is 29.1. The maximum absolute atomic E-state index is 13.5. The fraction of sp³-hybridized carbons (Fsp3) is 0.853. The van der Waals surface area contributed by atoms with Crippen LogP contribution in [0, 0.1) is 17.8 Å². The Kier molecular flexibility index (Phi) is 19.7. The molecule has 0 aromatic rings. The predicted molar refractivity (Wildman–Crippen MR) is 174 cm³/mol. The van der Waals surface area contributed by atoms with Gasteiger partial charge in [0.1, 0.15) is 24.8 Å². The van der Waals surface area contributed by atoms with Gasteiger partial charge < -0.3 is 35.6 Å². The maximum Gasteiger partial charge on any atom is 0.332 e. The third kappa shape index (κ3) is 14.8. The zero-order chi connectivity index (χ0) is 34.8. The van der Waals surface area contributed by atoms with Gasteiger partial charge in [-0.3, -0.25) is 19.2 Å². The van der Waals surface area contributed by atoms with Crippen LogP contribution in [0.1, 0.15) is 126 Å². The van der Waals surface area contributed by atoms with E-state index in [0.29, 0.717) is 6.42 Å². The van der Waals surface area contributed by atoms with Crippen molar-refractivity contribution in [3.8, 4) is 0 Å². The van der Waals surface area contributed by atoms with Gasteiger partial charge in [-0.1, -0.05) is 105 Å². The van der Waals surface area contributed by atoms with Gasteiger partial charge in [-0.25, -0.2) is 4.79 Å². The van der Waals surface area contributed by atoms with E-state index in [1.165, 1.54) is 51.9 Å². The van der Waals surface area contributed by atoms with Crippen molar-refractivity contribution in [3.63, 3.8) is 0 Å². The molecule has 0 unspecified atom stereocenters. The van der Waals surface area contributed by atoms with Crippen molar-refractivity contribution < 1.29 is 43.7 Å². The van der Waals surface area contributed by atoms with Gasteiger partial charge >= 0.3 is 11.9 Å². The number of cyclic esters (lactones) is 1. The maximum atomic E-state index is 13.5. The van der Waals surface area contributed by atoms with Gasteiger partial charge in [0, 0.05) is 12.8 Å². The van der Waals surface area contributed by atoms with E-state index in [4.69, 9.17) is 9.47 Å². The van der Waals surface area contributed by atoms with E-state index < -0.39 is 84.5 Å². The SMILES string of the molecule is CCCCCCCCCCCCC[C@H](O)[C@H](C)[C@H]1OC(=O)[C@H](COC(C)=O)NC(=O)[C@H]([C@@H](C)O)NC(=O)[C@H](C(C)C)NC(=O)[C@H]1C. The van der Waals surface area contributed by atoms with Crippen LogP contribution >= 0.6 is 0 Å². The number of hydrogen-bond donors (Lipinski definition) is 5. The number of amides is 3. The molecule has 5 N–H and O–H groups in total. The van der Waals surface area contributed by atoms with E-state index >= 15 is 0 Å². The Balaban J connectivity index is 3.08. The molecule has 1 aliphatic rings. The summed E-state index contributed by atoms with van der Waals surface area (Å²) in [6.45, 7) is 10.8. The highest BCUT2D eigenvalue weighted by Gasteiger charge is 2.41. The molecule has 0 bridgehead atoms. The first-order valence-electron chi connectivity index (χ1n) is 17.3. The molecule has 3 amide bonds. The summed E-state index contributed by atoms with van der Waals surface area (Å²) in [5, 5.41) is 29.0. The molecule has 0 aromatic heterocycles. The summed E-state index contributed by atoms with van der Waals surface area (Å²) < 4.78 is 10.8. The summed E-state index contributed by atoms with van der Waals surface area (Å²) in [5.41, 5.74) is 0. The molecule has 1 aliphatic heterocycles. The van der Waals surface area contributed by atoms with Gasteiger partial charge in [0.05, 0.1) is 18.1 Å². The Hall–Kier alpha value is -2.73. The van der Waals surface area contributed by atoms with Crippen LogP contribution in [0.15, 0.2) is 0 Å². The standard InChI is InChI=1S/C34H61N3O9/c1-8-9-10-11-12-13-14-15-16-17-18-19-27(40)22(4)30-23(5)31(41)36-28(21(2)3)32(42)37-29(24(6)38)33(43)35-26(34(44)46-30)20-45-25(7)39/h21-24,26-30,38,40H,8-20H2,1-7H3,(H,35,43)(H,36,41)(H,37,42)/t22-,23-,24+,26-,27-,28-,29-,30+/m0/s1. The fourth-order valence-corrected chi connectivity index (χ4v) is 5.63. The monoisotopic (exact) mass is 655 g/mol. The Bertz CT molecular complexity index is 958. The Labute approximate surface area is 275 Å². The summed E-state index contributed by atoms with van der Waals surface area (Å²) in [5.74, 6) is -5.92. The van der Waals surface area contributed by atoms with E-state index in [1.54, 1.807) is 27.7 Å². The van der Waals surface area contributed by atoms with Crippen LogP contribution in [0.5, 0.6) is 0 Å². The third-order valence-electron chi connectivity index (χ3n) is 8.75. The van der Waals surface area contributed by atoms with Gasteiger partial charge in [0.25, 0.3) is 0 Å². The minimum atomic E-state index is -1.50. The molecule has 266 valence electrons. The average molecular weight is 656 g/mol. The lowest BCUT2D eigenvalue weighted by Gasteiger charge is -2.33. The van der Waals surface area contributed by atoms with Gasteiger partial charge in [0.2, 0.25) is 17.7 Å². The lowest BCUT2D eigenvalue weighted by atomic mass is 9.86. The topological polar surface area (TPSA) is 180 Å². The molecule has 0 saturated carbocycles. The van der Waals surface area contributed by atoms with Crippen molar-refractivity contribution >= 4 is 29.7 Å². The van der Waals surface area contributed by atoms with Crippen LogP contribution < -0.4 is 16.0 Å². The summed E-state index contributed by atoms with van der Waals surface area (Å²) in [4.78, 5) is 64.8. The molecule has 0 aliphatic carbocycles. The number of unbranched alkanes of at least 4 members (excludes halogenated alkanes) is 10. The highest BCUT2D eigenvalue weighted by molar-refractivity contribution is 5.94. The lowest BCUT2D eigenvalue weighted by Crippen LogP contribution is -2.60. The lowest BCUT2D eigenvalue weighted by molar-refractivity contribution is -0.166. The fourth-order valence-electron chi connectivity index (χ4n) is 5.63. The molecule has 1 heterocycles.